The third-order valence-electron chi connectivity index (χ3n) is 6.14. The van der Waals surface area contributed by atoms with E-state index in [0.29, 0.717) is 30.2 Å². The van der Waals surface area contributed by atoms with E-state index in [1.165, 1.54) is 0 Å². The molecule has 168 valence electrons. The predicted octanol–water partition coefficient (Wildman–Crippen LogP) is 3.01. The highest BCUT2D eigenvalue weighted by atomic mass is 19.4. The molecule has 7 nitrogen and oxygen atoms in total. The van der Waals surface area contributed by atoms with Gasteiger partial charge in [0.05, 0.1) is 12.2 Å². The normalized spacial score (nSPS) is 20.5. The maximum atomic E-state index is 12.9. The van der Waals surface area contributed by atoms with Crippen molar-refractivity contribution < 1.29 is 23.4 Å². The summed E-state index contributed by atoms with van der Waals surface area (Å²) in [5.41, 5.74) is 1.21. The Labute approximate surface area is 178 Å². The van der Waals surface area contributed by atoms with Gasteiger partial charge in [-0.2, -0.15) is 13.2 Å². The minimum absolute atomic E-state index is 0.0193. The maximum Gasteiger partial charge on any atom is 0.418 e. The molecule has 0 amide bonds. The number of piperidine rings is 1. The average Bonchev–Trinajstić information content (AvgIpc) is 3.24. The molecule has 0 radical (unpaired) electrons. The van der Waals surface area contributed by atoms with Crippen LogP contribution < -0.4 is 5.32 Å². The van der Waals surface area contributed by atoms with Crippen LogP contribution in [0.15, 0.2) is 12.3 Å². The lowest BCUT2D eigenvalue weighted by Gasteiger charge is -2.36. The fourth-order valence-electron chi connectivity index (χ4n) is 4.42. The largest absolute Gasteiger partial charge is 0.506 e. The van der Waals surface area contributed by atoms with Crippen LogP contribution in [0.25, 0.3) is 11.4 Å². The number of rotatable bonds is 5. The fraction of sp³-hybridized carbons (Fsp3) is 0.571. The average molecular weight is 437 g/mol. The van der Waals surface area contributed by atoms with Crippen molar-refractivity contribution in [2.24, 2.45) is 0 Å². The molecule has 4 rings (SSSR count). The van der Waals surface area contributed by atoms with Crippen molar-refractivity contribution in [2.75, 3.05) is 25.0 Å². The van der Waals surface area contributed by atoms with Crippen molar-refractivity contribution >= 4 is 5.82 Å². The number of nitrogens with one attached hydrogen (secondary N) is 1. The highest BCUT2D eigenvalue weighted by Crippen LogP contribution is 2.39. The van der Waals surface area contributed by atoms with E-state index in [9.17, 15) is 23.4 Å². The third kappa shape index (κ3) is 4.45. The van der Waals surface area contributed by atoms with Crippen LogP contribution >= 0.6 is 0 Å². The van der Waals surface area contributed by atoms with Gasteiger partial charge >= 0.3 is 6.18 Å². The van der Waals surface area contributed by atoms with Gasteiger partial charge in [0.25, 0.3) is 0 Å². The summed E-state index contributed by atoms with van der Waals surface area (Å²) in [5, 5.41) is 31.7. The van der Waals surface area contributed by atoms with Crippen molar-refractivity contribution in [3.63, 3.8) is 0 Å². The van der Waals surface area contributed by atoms with Crippen molar-refractivity contribution in [1.29, 1.82) is 0 Å². The van der Waals surface area contributed by atoms with Gasteiger partial charge in [0.2, 0.25) is 0 Å². The van der Waals surface area contributed by atoms with Crippen LogP contribution in [-0.2, 0) is 19.0 Å². The van der Waals surface area contributed by atoms with Gasteiger partial charge in [-0.3, -0.25) is 4.90 Å². The van der Waals surface area contributed by atoms with Gasteiger partial charge in [-0.15, -0.1) is 10.2 Å². The highest BCUT2D eigenvalue weighted by Gasteiger charge is 2.33. The number of anilines is 1. The van der Waals surface area contributed by atoms with Gasteiger partial charge in [0.1, 0.15) is 17.1 Å². The number of aromatic nitrogens is 3. The number of hydrogen-bond acceptors (Lipinski definition) is 7. The van der Waals surface area contributed by atoms with Crippen LogP contribution in [0.3, 0.4) is 0 Å². The van der Waals surface area contributed by atoms with Gasteiger partial charge in [0.15, 0.2) is 5.82 Å². The zero-order valence-electron chi connectivity index (χ0n) is 17.3. The number of likely N-dealkylation sites (tertiary alicyclic amines) is 1. The van der Waals surface area contributed by atoms with Crippen LogP contribution in [0.4, 0.5) is 19.0 Å². The lowest BCUT2D eigenvalue weighted by atomic mass is 10.0. The minimum atomic E-state index is -4.58. The lowest BCUT2D eigenvalue weighted by molar-refractivity contribution is -0.137. The Morgan fingerprint density at radius 2 is 1.97 bits per heavy atom. The van der Waals surface area contributed by atoms with Crippen molar-refractivity contribution in [3.8, 4) is 17.1 Å². The molecule has 0 bridgehead atoms. The first kappa shape index (κ1) is 21.8. The topological polar surface area (TPSA) is 94.4 Å². The summed E-state index contributed by atoms with van der Waals surface area (Å²) in [5.74, 6) is 0.131. The Hall–Kier alpha value is -2.46. The molecule has 2 atom stereocenters. The van der Waals surface area contributed by atoms with Crippen LogP contribution in [0.1, 0.15) is 42.9 Å². The molecule has 3 heterocycles. The predicted molar refractivity (Wildman–Crippen MR) is 109 cm³/mol. The van der Waals surface area contributed by atoms with Crippen LogP contribution in [0, 0.1) is 0 Å². The molecule has 0 saturated carbocycles. The summed E-state index contributed by atoms with van der Waals surface area (Å²) in [7, 11) is 0. The molecule has 2 aromatic heterocycles. The third-order valence-corrected chi connectivity index (χ3v) is 6.14. The van der Waals surface area contributed by atoms with Gasteiger partial charge in [-0.1, -0.05) is 0 Å². The minimum Gasteiger partial charge on any atom is -0.506 e. The van der Waals surface area contributed by atoms with E-state index in [1.807, 2.05) is 6.92 Å². The molecule has 3 N–H and O–H groups in total. The van der Waals surface area contributed by atoms with Crippen LogP contribution in [0.2, 0.25) is 0 Å². The Bertz CT molecular complexity index is 953. The summed E-state index contributed by atoms with van der Waals surface area (Å²) < 4.78 is 38.7. The van der Waals surface area contributed by atoms with Gasteiger partial charge in [0, 0.05) is 30.4 Å². The number of aliphatic hydroxyl groups excluding tert-OH is 1. The number of aromatic hydroxyl groups is 1. The molecule has 1 aliphatic heterocycles. The summed E-state index contributed by atoms with van der Waals surface area (Å²) in [6, 6.07) is 0.943. The second-order valence-corrected chi connectivity index (χ2v) is 8.31. The summed E-state index contributed by atoms with van der Waals surface area (Å²) >= 11 is 0. The van der Waals surface area contributed by atoms with E-state index >= 15 is 0 Å². The van der Waals surface area contributed by atoms with Crippen molar-refractivity contribution in [2.45, 2.75) is 57.3 Å². The maximum absolute atomic E-state index is 12.9. The molecule has 0 spiro atoms. The number of pyridine rings is 1. The number of nitrogens with zero attached hydrogens (tertiary/aromatic N) is 4. The first-order chi connectivity index (χ1) is 14.8. The molecule has 31 heavy (non-hydrogen) atoms. The first-order valence-corrected chi connectivity index (χ1v) is 10.5. The van der Waals surface area contributed by atoms with E-state index in [-0.39, 0.29) is 24.4 Å². The molecule has 1 saturated heterocycles. The van der Waals surface area contributed by atoms with Gasteiger partial charge in [-0.05, 0) is 57.2 Å². The van der Waals surface area contributed by atoms with Crippen molar-refractivity contribution in [1.82, 2.24) is 20.1 Å². The SMILES string of the molecule is CC(CO)N1CCCC(Nc2nnc(-c3ncc(C(F)(F)F)cc3O)c3c2CCC3)C1. The fourth-order valence-corrected chi connectivity index (χ4v) is 4.42. The van der Waals surface area contributed by atoms with Crippen LogP contribution in [0.5, 0.6) is 5.75 Å². The highest BCUT2D eigenvalue weighted by molar-refractivity contribution is 5.70. The Morgan fingerprint density at radius 1 is 1.19 bits per heavy atom. The first-order valence-electron chi connectivity index (χ1n) is 10.5. The number of hydrogen-bond donors (Lipinski definition) is 3. The van der Waals surface area contributed by atoms with Crippen LogP contribution in [-0.4, -0.2) is 62.1 Å². The zero-order valence-corrected chi connectivity index (χ0v) is 17.3. The summed E-state index contributed by atoms with van der Waals surface area (Å²) in [6.45, 7) is 3.85. The Balaban J connectivity index is 1.60. The molecule has 2 aromatic rings. The standard InChI is InChI=1S/C21H26F3N5O2/c1-12(11-30)29-7-3-4-14(10-29)26-20-16-6-2-5-15(16)18(27-28-20)19-17(31)8-13(9-25-19)21(22,23)24/h8-9,12,14,30-31H,2-7,10-11H2,1H3,(H,26,28). The molecular formula is C21H26F3N5O2. The van der Waals surface area contributed by atoms with E-state index in [0.717, 1.165) is 49.9 Å². The zero-order chi connectivity index (χ0) is 22.2. The summed E-state index contributed by atoms with van der Waals surface area (Å²) in [6.07, 6.45) is 0.493. The van der Waals surface area contributed by atoms with E-state index in [4.69, 9.17) is 0 Å². The molecule has 1 aliphatic carbocycles. The molecule has 2 aliphatic rings. The van der Waals surface area contributed by atoms with E-state index < -0.39 is 17.5 Å². The van der Waals surface area contributed by atoms with Gasteiger partial charge < -0.3 is 15.5 Å². The second kappa shape index (κ2) is 8.58. The Kier molecular flexibility index (Phi) is 6.02. The van der Waals surface area contributed by atoms with E-state index in [2.05, 4.69) is 25.4 Å². The molecular weight excluding hydrogens is 411 g/mol. The number of halogens is 3. The second-order valence-electron chi connectivity index (χ2n) is 8.31. The monoisotopic (exact) mass is 437 g/mol. The van der Waals surface area contributed by atoms with E-state index in [1.54, 1.807) is 0 Å². The number of alkyl halides is 3. The molecule has 0 aromatic carbocycles. The number of fused-ring (bicyclic) bond motifs is 1. The molecule has 10 heteroatoms. The van der Waals surface area contributed by atoms with Crippen molar-refractivity contribution in [3.05, 3.63) is 29.0 Å². The smallest absolute Gasteiger partial charge is 0.418 e. The molecule has 1 fully saturated rings. The lowest BCUT2D eigenvalue weighted by Crippen LogP contribution is -2.47. The number of aliphatic hydroxyl groups is 1. The van der Waals surface area contributed by atoms with Gasteiger partial charge in [-0.25, -0.2) is 4.98 Å². The quantitative estimate of drug-likeness (QED) is 0.662. The Morgan fingerprint density at radius 3 is 2.68 bits per heavy atom. The molecule has 2 unspecified atom stereocenters. The summed E-state index contributed by atoms with van der Waals surface area (Å²) in [4.78, 5) is 6.10.